The van der Waals surface area contributed by atoms with Gasteiger partial charge in [0.05, 0.1) is 5.52 Å². The van der Waals surface area contributed by atoms with Crippen molar-refractivity contribution >= 4 is 10.9 Å². The maximum atomic E-state index is 12.6. The number of halogens is 1. The highest BCUT2D eigenvalue weighted by Gasteiger charge is 1.97. The summed E-state index contributed by atoms with van der Waals surface area (Å²) in [5.41, 5.74) is 0.468. The molecule has 60 valence electrons. The SMILES string of the molecule is Oc1ccc2ccc(F)nc2c1. The molecule has 0 aliphatic heterocycles. The molecule has 0 saturated carbocycles. The Labute approximate surface area is 68.3 Å². The van der Waals surface area contributed by atoms with E-state index < -0.39 is 5.95 Å². The van der Waals surface area contributed by atoms with Crippen LogP contribution in [-0.4, -0.2) is 10.1 Å². The average molecular weight is 163 g/mol. The molecule has 0 amide bonds. The molecule has 1 heterocycles. The molecule has 1 aromatic carbocycles. The lowest BCUT2D eigenvalue weighted by Crippen LogP contribution is -1.82. The minimum absolute atomic E-state index is 0.0978. The van der Waals surface area contributed by atoms with E-state index in [-0.39, 0.29) is 5.75 Å². The Morgan fingerprint density at radius 3 is 2.75 bits per heavy atom. The number of hydrogen-bond donors (Lipinski definition) is 1. The second kappa shape index (κ2) is 2.44. The zero-order valence-corrected chi connectivity index (χ0v) is 6.16. The van der Waals surface area contributed by atoms with Crippen LogP contribution >= 0.6 is 0 Å². The van der Waals surface area contributed by atoms with E-state index in [0.717, 1.165) is 5.39 Å². The second-order valence-electron chi connectivity index (χ2n) is 2.51. The van der Waals surface area contributed by atoms with E-state index in [0.29, 0.717) is 5.52 Å². The summed E-state index contributed by atoms with van der Waals surface area (Å²) < 4.78 is 12.6. The Morgan fingerprint density at radius 1 is 1.17 bits per heavy atom. The van der Waals surface area contributed by atoms with Gasteiger partial charge >= 0.3 is 0 Å². The van der Waals surface area contributed by atoms with E-state index in [4.69, 9.17) is 5.11 Å². The predicted octanol–water partition coefficient (Wildman–Crippen LogP) is 2.08. The van der Waals surface area contributed by atoms with Crippen LogP contribution in [0, 0.1) is 5.95 Å². The minimum atomic E-state index is -0.534. The van der Waals surface area contributed by atoms with Gasteiger partial charge in [0, 0.05) is 11.5 Å². The van der Waals surface area contributed by atoms with Gasteiger partial charge in [-0.3, -0.25) is 0 Å². The van der Waals surface area contributed by atoms with E-state index in [9.17, 15) is 4.39 Å². The Morgan fingerprint density at radius 2 is 1.92 bits per heavy atom. The van der Waals surface area contributed by atoms with Crippen molar-refractivity contribution in [3.05, 3.63) is 36.3 Å². The minimum Gasteiger partial charge on any atom is -0.508 e. The maximum absolute atomic E-state index is 12.6. The maximum Gasteiger partial charge on any atom is 0.213 e. The van der Waals surface area contributed by atoms with Gasteiger partial charge in [0.25, 0.3) is 0 Å². The van der Waals surface area contributed by atoms with Crippen molar-refractivity contribution in [2.45, 2.75) is 0 Å². The number of aromatic hydroxyl groups is 1. The molecule has 0 bridgehead atoms. The van der Waals surface area contributed by atoms with Crippen LogP contribution in [-0.2, 0) is 0 Å². The highest BCUT2D eigenvalue weighted by atomic mass is 19.1. The first kappa shape index (κ1) is 7.03. The average Bonchev–Trinajstić information content (AvgIpc) is 2.03. The molecule has 2 rings (SSSR count). The third-order valence-electron chi connectivity index (χ3n) is 1.64. The van der Waals surface area contributed by atoms with E-state index in [1.54, 1.807) is 18.2 Å². The molecule has 0 spiro atoms. The standard InChI is InChI=1S/C9H6FNO/c10-9-4-2-6-1-3-7(12)5-8(6)11-9/h1-5,12H. The molecule has 0 atom stereocenters. The molecule has 0 unspecified atom stereocenters. The van der Waals surface area contributed by atoms with Crippen molar-refractivity contribution in [2.24, 2.45) is 0 Å². The van der Waals surface area contributed by atoms with Gasteiger partial charge in [0.15, 0.2) is 0 Å². The van der Waals surface area contributed by atoms with Gasteiger partial charge in [-0.05, 0) is 24.3 Å². The lowest BCUT2D eigenvalue weighted by molar-refractivity contribution is 0.476. The van der Waals surface area contributed by atoms with Crippen molar-refractivity contribution in [2.75, 3.05) is 0 Å². The molecule has 0 fully saturated rings. The van der Waals surface area contributed by atoms with Crippen molar-refractivity contribution in [1.29, 1.82) is 0 Å². The Balaban J connectivity index is 2.80. The van der Waals surface area contributed by atoms with Gasteiger partial charge in [0.2, 0.25) is 5.95 Å². The monoisotopic (exact) mass is 163 g/mol. The molecular weight excluding hydrogens is 157 g/mol. The van der Waals surface area contributed by atoms with Crippen molar-refractivity contribution < 1.29 is 9.50 Å². The lowest BCUT2D eigenvalue weighted by Gasteiger charge is -1.96. The van der Waals surface area contributed by atoms with Gasteiger partial charge in [0.1, 0.15) is 5.75 Å². The highest BCUT2D eigenvalue weighted by molar-refractivity contribution is 5.79. The van der Waals surface area contributed by atoms with Crippen molar-refractivity contribution in [3.63, 3.8) is 0 Å². The fraction of sp³-hybridized carbons (Fsp3) is 0. The topological polar surface area (TPSA) is 33.1 Å². The number of pyridine rings is 1. The first-order chi connectivity index (χ1) is 5.75. The number of nitrogens with zero attached hydrogens (tertiary/aromatic N) is 1. The summed E-state index contributed by atoms with van der Waals surface area (Å²) in [5.74, 6) is -0.436. The summed E-state index contributed by atoms with van der Waals surface area (Å²) in [4.78, 5) is 3.61. The molecular formula is C9H6FNO. The second-order valence-corrected chi connectivity index (χ2v) is 2.51. The number of phenolic OH excluding ortho intramolecular Hbond substituents is 1. The number of fused-ring (bicyclic) bond motifs is 1. The zero-order chi connectivity index (χ0) is 8.55. The molecule has 2 nitrogen and oxygen atoms in total. The largest absolute Gasteiger partial charge is 0.508 e. The quantitative estimate of drug-likeness (QED) is 0.603. The summed E-state index contributed by atoms with van der Waals surface area (Å²) in [7, 11) is 0. The predicted molar refractivity (Wildman–Crippen MR) is 43.4 cm³/mol. The fourth-order valence-corrected chi connectivity index (χ4v) is 1.08. The van der Waals surface area contributed by atoms with Crippen LogP contribution < -0.4 is 0 Å². The molecule has 1 aromatic heterocycles. The van der Waals surface area contributed by atoms with Crippen LogP contribution in [0.4, 0.5) is 4.39 Å². The van der Waals surface area contributed by atoms with Gasteiger partial charge in [-0.15, -0.1) is 0 Å². The highest BCUT2D eigenvalue weighted by Crippen LogP contribution is 2.17. The van der Waals surface area contributed by atoms with Gasteiger partial charge in [-0.25, -0.2) is 4.98 Å². The Bertz CT molecular complexity index is 391. The number of benzene rings is 1. The van der Waals surface area contributed by atoms with Crippen LogP contribution in [0.2, 0.25) is 0 Å². The summed E-state index contributed by atoms with van der Waals surface area (Å²) in [6.07, 6.45) is 0. The first-order valence-electron chi connectivity index (χ1n) is 3.51. The van der Waals surface area contributed by atoms with Crippen LogP contribution in [0.5, 0.6) is 5.75 Å². The third-order valence-corrected chi connectivity index (χ3v) is 1.64. The number of aromatic nitrogens is 1. The summed E-state index contributed by atoms with van der Waals surface area (Å²) in [5, 5.41) is 9.87. The number of rotatable bonds is 0. The smallest absolute Gasteiger partial charge is 0.213 e. The first-order valence-corrected chi connectivity index (χ1v) is 3.51. The van der Waals surface area contributed by atoms with Gasteiger partial charge in [-0.1, -0.05) is 0 Å². The van der Waals surface area contributed by atoms with Crippen LogP contribution in [0.15, 0.2) is 30.3 Å². The molecule has 0 aliphatic carbocycles. The molecule has 3 heteroatoms. The van der Waals surface area contributed by atoms with Crippen LogP contribution in [0.25, 0.3) is 10.9 Å². The number of phenols is 1. The van der Waals surface area contributed by atoms with E-state index in [1.807, 2.05) is 0 Å². The molecule has 0 aliphatic rings. The molecule has 1 N–H and O–H groups in total. The summed E-state index contributed by atoms with van der Waals surface area (Å²) in [6.45, 7) is 0. The zero-order valence-electron chi connectivity index (χ0n) is 6.16. The number of hydrogen-bond acceptors (Lipinski definition) is 2. The Kier molecular flexibility index (Phi) is 1.43. The molecule has 2 aromatic rings. The molecule has 12 heavy (non-hydrogen) atoms. The van der Waals surface area contributed by atoms with Crippen LogP contribution in [0.1, 0.15) is 0 Å². The third kappa shape index (κ3) is 1.09. The van der Waals surface area contributed by atoms with Crippen molar-refractivity contribution in [3.8, 4) is 5.75 Å². The Hall–Kier alpha value is -1.64. The summed E-state index contributed by atoms with van der Waals surface area (Å²) in [6, 6.07) is 7.58. The van der Waals surface area contributed by atoms with Gasteiger partial charge < -0.3 is 5.11 Å². The lowest BCUT2D eigenvalue weighted by atomic mass is 10.2. The van der Waals surface area contributed by atoms with E-state index in [2.05, 4.69) is 4.98 Å². The van der Waals surface area contributed by atoms with Crippen molar-refractivity contribution in [1.82, 2.24) is 4.98 Å². The fourth-order valence-electron chi connectivity index (χ4n) is 1.08. The van der Waals surface area contributed by atoms with E-state index in [1.165, 1.54) is 12.1 Å². The van der Waals surface area contributed by atoms with Gasteiger partial charge in [-0.2, -0.15) is 4.39 Å². The van der Waals surface area contributed by atoms with Crippen LogP contribution in [0.3, 0.4) is 0 Å². The normalized spacial score (nSPS) is 10.4. The summed E-state index contributed by atoms with van der Waals surface area (Å²) >= 11 is 0. The molecule has 0 saturated heterocycles. The van der Waals surface area contributed by atoms with E-state index >= 15 is 0 Å². The molecule has 0 radical (unpaired) electrons.